The molecule has 5 heteroatoms. The quantitative estimate of drug-likeness (QED) is 0.339. The zero-order valence-corrected chi connectivity index (χ0v) is 15.7. The van der Waals surface area contributed by atoms with Gasteiger partial charge in [-0.25, -0.2) is 0 Å². The Hall–Kier alpha value is -2.27. The first-order chi connectivity index (χ1) is 12.3. The van der Waals surface area contributed by atoms with Crippen LogP contribution in [0.15, 0.2) is 52.3 Å². The predicted octanol–water partition coefficient (Wildman–Crippen LogP) is 4.13. The molecule has 0 saturated heterocycles. The number of aromatic amines is 1. The lowest BCUT2D eigenvalue weighted by Gasteiger charge is -2.15. The maximum absolute atomic E-state index is 4.32. The molecule has 0 fully saturated rings. The van der Waals surface area contributed by atoms with E-state index in [1.54, 1.807) is 11.3 Å². The number of thiophene rings is 1. The lowest BCUT2D eigenvalue weighted by molar-refractivity contribution is 0.690. The van der Waals surface area contributed by atoms with Crippen LogP contribution < -0.4 is 10.6 Å². The van der Waals surface area contributed by atoms with Crippen LogP contribution in [-0.2, 0) is 6.42 Å². The highest BCUT2D eigenvalue weighted by molar-refractivity contribution is 7.07. The number of hydrogen-bond donors (Lipinski definition) is 3. The van der Waals surface area contributed by atoms with Crippen molar-refractivity contribution in [1.29, 1.82) is 0 Å². The molecule has 1 aromatic carbocycles. The number of nitrogens with one attached hydrogen (secondary N) is 3. The van der Waals surface area contributed by atoms with E-state index < -0.39 is 0 Å². The van der Waals surface area contributed by atoms with Gasteiger partial charge in [-0.2, -0.15) is 11.3 Å². The maximum Gasteiger partial charge on any atom is 0.190 e. The Balaban J connectivity index is 1.41. The topological polar surface area (TPSA) is 52.2 Å². The van der Waals surface area contributed by atoms with Crippen LogP contribution in [0.25, 0.3) is 10.9 Å². The SMILES string of the molecule is CN=C(NCCCc1c[nH]c2ccccc12)NCC(C)c1ccsc1. The molecule has 0 radical (unpaired) electrons. The number of nitrogens with zero attached hydrogens (tertiary/aromatic N) is 1. The van der Waals surface area contributed by atoms with Crippen molar-refractivity contribution in [2.75, 3.05) is 20.1 Å². The Morgan fingerprint density at radius 1 is 1.24 bits per heavy atom. The van der Waals surface area contributed by atoms with E-state index in [0.717, 1.165) is 31.9 Å². The summed E-state index contributed by atoms with van der Waals surface area (Å²) in [4.78, 5) is 7.66. The average molecular weight is 355 g/mol. The molecule has 0 saturated carbocycles. The number of rotatable bonds is 7. The Morgan fingerprint density at radius 3 is 2.92 bits per heavy atom. The van der Waals surface area contributed by atoms with E-state index in [0.29, 0.717) is 5.92 Å². The first kappa shape index (κ1) is 17.5. The summed E-state index contributed by atoms with van der Waals surface area (Å²) in [5, 5.41) is 12.5. The molecule has 0 bridgehead atoms. The number of aliphatic imine (C=N–C) groups is 1. The van der Waals surface area contributed by atoms with Gasteiger partial charge >= 0.3 is 0 Å². The van der Waals surface area contributed by atoms with Crippen molar-refractivity contribution in [3.63, 3.8) is 0 Å². The number of para-hydroxylation sites is 1. The van der Waals surface area contributed by atoms with Crippen LogP contribution in [0.5, 0.6) is 0 Å². The van der Waals surface area contributed by atoms with Gasteiger partial charge in [-0.1, -0.05) is 25.1 Å². The molecule has 0 aliphatic rings. The van der Waals surface area contributed by atoms with E-state index in [4.69, 9.17) is 0 Å². The van der Waals surface area contributed by atoms with Gasteiger partial charge in [0, 0.05) is 37.2 Å². The molecular formula is C20H26N4S. The lowest BCUT2D eigenvalue weighted by Crippen LogP contribution is -2.39. The molecule has 0 amide bonds. The van der Waals surface area contributed by atoms with Gasteiger partial charge in [-0.05, 0) is 52.8 Å². The number of H-pyrrole nitrogens is 1. The van der Waals surface area contributed by atoms with E-state index in [-0.39, 0.29) is 0 Å². The molecule has 4 nitrogen and oxygen atoms in total. The predicted molar refractivity (Wildman–Crippen MR) is 109 cm³/mol. The molecule has 0 aliphatic heterocycles. The van der Waals surface area contributed by atoms with Gasteiger partial charge in [0.2, 0.25) is 0 Å². The summed E-state index contributed by atoms with van der Waals surface area (Å²) in [6.07, 6.45) is 4.25. The third kappa shape index (κ3) is 4.63. The molecule has 2 heterocycles. The van der Waals surface area contributed by atoms with Gasteiger partial charge in [0.25, 0.3) is 0 Å². The fourth-order valence-electron chi connectivity index (χ4n) is 2.97. The highest BCUT2D eigenvalue weighted by Gasteiger charge is 2.07. The number of aryl methyl sites for hydroxylation is 1. The first-order valence-electron chi connectivity index (χ1n) is 8.79. The average Bonchev–Trinajstić information content (AvgIpc) is 3.31. The van der Waals surface area contributed by atoms with Gasteiger partial charge in [-0.15, -0.1) is 0 Å². The van der Waals surface area contributed by atoms with Crippen molar-refractivity contribution in [3.05, 3.63) is 58.4 Å². The normalized spacial score (nSPS) is 13.1. The van der Waals surface area contributed by atoms with Crippen LogP contribution in [0.2, 0.25) is 0 Å². The highest BCUT2D eigenvalue weighted by Crippen LogP contribution is 2.19. The summed E-state index contributed by atoms with van der Waals surface area (Å²) >= 11 is 1.75. The van der Waals surface area contributed by atoms with Crippen molar-refractivity contribution in [3.8, 4) is 0 Å². The molecule has 25 heavy (non-hydrogen) atoms. The van der Waals surface area contributed by atoms with Gasteiger partial charge in [0.1, 0.15) is 0 Å². The standard InChI is InChI=1S/C20H26N4S/c1-15(17-9-11-25-14-17)12-24-20(21-2)22-10-5-6-16-13-23-19-8-4-3-7-18(16)19/h3-4,7-9,11,13-15,23H,5-6,10,12H2,1-2H3,(H2,21,22,24). The third-order valence-electron chi connectivity index (χ3n) is 4.50. The summed E-state index contributed by atoms with van der Waals surface area (Å²) in [5.41, 5.74) is 3.98. The van der Waals surface area contributed by atoms with Crippen LogP contribution >= 0.6 is 11.3 Å². The van der Waals surface area contributed by atoms with Gasteiger partial charge in [0.05, 0.1) is 0 Å². The second-order valence-electron chi connectivity index (χ2n) is 6.30. The summed E-state index contributed by atoms with van der Waals surface area (Å²) in [6.45, 7) is 4.03. The van der Waals surface area contributed by atoms with Crippen molar-refractivity contribution < 1.29 is 0 Å². The van der Waals surface area contributed by atoms with E-state index in [9.17, 15) is 0 Å². The minimum absolute atomic E-state index is 0.482. The molecule has 3 rings (SSSR count). The summed E-state index contributed by atoms with van der Waals surface area (Å²) in [6, 6.07) is 10.7. The maximum atomic E-state index is 4.32. The van der Waals surface area contributed by atoms with Crippen molar-refractivity contribution in [1.82, 2.24) is 15.6 Å². The van der Waals surface area contributed by atoms with E-state index in [1.165, 1.54) is 22.0 Å². The van der Waals surface area contributed by atoms with Gasteiger partial charge in [0.15, 0.2) is 5.96 Å². The molecule has 3 N–H and O–H groups in total. The van der Waals surface area contributed by atoms with E-state index in [2.05, 4.69) is 74.8 Å². The van der Waals surface area contributed by atoms with E-state index >= 15 is 0 Å². The van der Waals surface area contributed by atoms with Gasteiger partial charge in [-0.3, -0.25) is 4.99 Å². The fourth-order valence-corrected chi connectivity index (χ4v) is 3.75. The van der Waals surface area contributed by atoms with Crippen molar-refractivity contribution >= 4 is 28.2 Å². The number of aromatic nitrogens is 1. The van der Waals surface area contributed by atoms with Crippen LogP contribution in [0.3, 0.4) is 0 Å². The summed E-state index contributed by atoms with van der Waals surface area (Å²) in [5.74, 6) is 1.36. The fraction of sp³-hybridized carbons (Fsp3) is 0.350. The smallest absolute Gasteiger partial charge is 0.190 e. The Morgan fingerprint density at radius 2 is 2.12 bits per heavy atom. The summed E-state index contributed by atoms with van der Waals surface area (Å²) < 4.78 is 0. The second kappa shape index (κ2) is 8.72. The zero-order valence-electron chi connectivity index (χ0n) is 14.9. The monoisotopic (exact) mass is 354 g/mol. The van der Waals surface area contributed by atoms with Crippen LogP contribution in [0.1, 0.15) is 30.4 Å². The molecule has 2 aromatic heterocycles. The number of fused-ring (bicyclic) bond motifs is 1. The lowest BCUT2D eigenvalue weighted by atomic mass is 10.1. The number of guanidine groups is 1. The minimum atomic E-state index is 0.482. The van der Waals surface area contributed by atoms with Crippen LogP contribution in [0, 0.1) is 0 Å². The number of benzene rings is 1. The largest absolute Gasteiger partial charge is 0.361 e. The molecular weight excluding hydrogens is 328 g/mol. The Bertz CT molecular complexity index is 804. The molecule has 3 aromatic rings. The van der Waals surface area contributed by atoms with Crippen molar-refractivity contribution in [2.45, 2.75) is 25.7 Å². The van der Waals surface area contributed by atoms with Crippen LogP contribution in [-0.4, -0.2) is 31.1 Å². The molecule has 0 spiro atoms. The highest BCUT2D eigenvalue weighted by atomic mass is 32.1. The molecule has 1 unspecified atom stereocenters. The zero-order chi connectivity index (χ0) is 17.5. The van der Waals surface area contributed by atoms with Crippen LogP contribution in [0.4, 0.5) is 0 Å². The Labute approximate surface area is 153 Å². The first-order valence-corrected chi connectivity index (χ1v) is 9.74. The number of hydrogen-bond acceptors (Lipinski definition) is 2. The minimum Gasteiger partial charge on any atom is -0.361 e. The Kier molecular flexibility index (Phi) is 6.12. The van der Waals surface area contributed by atoms with E-state index in [1.807, 2.05) is 7.05 Å². The van der Waals surface area contributed by atoms with Gasteiger partial charge < -0.3 is 15.6 Å². The molecule has 0 aliphatic carbocycles. The molecule has 1 atom stereocenters. The van der Waals surface area contributed by atoms with Crippen molar-refractivity contribution in [2.24, 2.45) is 4.99 Å². The molecule has 132 valence electrons. The second-order valence-corrected chi connectivity index (χ2v) is 7.08. The summed E-state index contributed by atoms with van der Waals surface area (Å²) in [7, 11) is 1.82. The third-order valence-corrected chi connectivity index (χ3v) is 5.20.